The molecular weight excluding hydrogens is 454 g/mol. The van der Waals surface area contributed by atoms with Crippen LogP contribution in [0.1, 0.15) is 42.0 Å². The van der Waals surface area contributed by atoms with E-state index in [4.69, 9.17) is 21.1 Å². The van der Waals surface area contributed by atoms with E-state index in [1.54, 1.807) is 7.11 Å². The number of hydrogen-bond acceptors (Lipinski definition) is 6. The largest absolute Gasteiger partial charge is 0.495 e. The van der Waals surface area contributed by atoms with Crippen molar-refractivity contribution in [1.29, 1.82) is 0 Å². The summed E-state index contributed by atoms with van der Waals surface area (Å²) in [5.74, 6) is 1.15. The maximum Gasteiger partial charge on any atom is 0.281 e. The summed E-state index contributed by atoms with van der Waals surface area (Å²) >= 11 is 6.23. The predicted octanol–water partition coefficient (Wildman–Crippen LogP) is 4.44. The van der Waals surface area contributed by atoms with Crippen molar-refractivity contribution in [3.8, 4) is 11.5 Å². The minimum atomic E-state index is -0.310. The Morgan fingerprint density at radius 1 is 1.09 bits per heavy atom. The molecule has 2 aromatic rings. The second kappa shape index (κ2) is 10.8. The van der Waals surface area contributed by atoms with Gasteiger partial charge in [0.25, 0.3) is 5.91 Å². The Morgan fingerprint density at radius 2 is 1.91 bits per heavy atom. The molecule has 2 aliphatic rings. The quantitative estimate of drug-likeness (QED) is 0.583. The Labute approximate surface area is 206 Å². The molecule has 8 heteroatoms. The van der Waals surface area contributed by atoms with Gasteiger partial charge in [-0.25, -0.2) is 5.48 Å². The molecule has 2 aromatic carbocycles. The van der Waals surface area contributed by atoms with E-state index in [1.807, 2.05) is 18.2 Å². The van der Waals surface area contributed by atoms with Crippen molar-refractivity contribution in [1.82, 2.24) is 10.4 Å². The number of benzene rings is 2. The highest BCUT2D eigenvalue weighted by Gasteiger charge is 2.36. The fourth-order valence-corrected chi connectivity index (χ4v) is 5.48. The fraction of sp³-hybridized carbons (Fsp3) is 0.500. The fourth-order valence-electron chi connectivity index (χ4n) is 5.28. The second-order valence-electron chi connectivity index (χ2n) is 9.02. The van der Waals surface area contributed by atoms with E-state index in [-0.39, 0.29) is 12.5 Å². The number of hydrogen-bond donors (Lipinski definition) is 1. The highest BCUT2D eigenvalue weighted by atomic mass is 35.5. The molecule has 7 nitrogen and oxygen atoms in total. The smallest absolute Gasteiger partial charge is 0.281 e. The van der Waals surface area contributed by atoms with Crippen molar-refractivity contribution in [2.24, 2.45) is 0 Å². The first-order valence-corrected chi connectivity index (χ1v) is 12.2. The van der Waals surface area contributed by atoms with Crippen molar-refractivity contribution in [3.63, 3.8) is 0 Å². The molecule has 0 spiro atoms. The molecule has 1 N–H and O–H groups in total. The molecule has 2 heterocycles. The van der Waals surface area contributed by atoms with E-state index < -0.39 is 0 Å². The van der Waals surface area contributed by atoms with Gasteiger partial charge in [0.15, 0.2) is 6.61 Å². The molecule has 0 radical (unpaired) electrons. The van der Waals surface area contributed by atoms with Crippen LogP contribution in [0.15, 0.2) is 30.3 Å². The van der Waals surface area contributed by atoms with E-state index in [9.17, 15) is 4.79 Å². The topological polar surface area (TPSA) is 63.3 Å². The molecule has 2 saturated heterocycles. The van der Waals surface area contributed by atoms with Gasteiger partial charge in [0.2, 0.25) is 0 Å². The minimum Gasteiger partial charge on any atom is -0.495 e. The number of ether oxygens (including phenoxy) is 2. The molecule has 2 atom stereocenters. The van der Waals surface area contributed by atoms with E-state index >= 15 is 0 Å². The highest BCUT2D eigenvalue weighted by molar-refractivity contribution is 6.32. The lowest BCUT2D eigenvalue weighted by molar-refractivity contribution is -0.133. The van der Waals surface area contributed by atoms with E-state index in [1.165, 1.54) is 31.1 Å². The van der Waals surface area contributed by atoms with Crippen molar-refractivity contribution in [2.45, 2.75) is 45.2 Å². The second-order valence-corrected chi connectivity index (χ2v) is 9.43. The SMILES string of the molecule is CONC(=O)COc1ccc([C@H]2CCC[C@H]3CN(c4ccc(Cl)c(OC)c4)CCN32)c(C)c1C. The molecule has 2 aliphatic heterocycles. The number of carbonyl (C=O) groups excluding carboxylic acids is 1. The Balaban J connectivity index is 1.48. The van der Waals surface area contributed by atoms with Gasteiger partial charge >= 0.3 is 0 Å². The third kappa shape index (κ3) is 5.11. The van der Waals surface area contributed by atoms with Crippen molar-refractivity contribution in [2.75, 3.05) is 45.4 Å². The number of rotatable bonds is 7. The van der Waals surface area contributed by atoms with Crippen LogP contribution < -0.4 is 19.9 Å². The van der Waals surface area contributed by atoms with Crippen LogP contribution in [0.5, 0.6) is 11.5 Å². The number of nitrogens with zero attached hydrogens (tertiary/aromatic N) is 2. The Bertz CT molecular complexity index is 1030. The summed E-state index contributed by atoms with van der Waals surface area (Å²) in [4.78, 5) is 21.5. The minimum absolute atomic E-state index is 0.0730. The van der Waals surface area contributed by atoms with Crippen LogP contribution in [0.2, 0.25) is 5.02 Å². The molecule has 0 saturated carbocycles. The zero-order chi connectivity index (χ0) is 24.2. The zero-order valence-corrected chi connectivity index (χ0v) is 21.2. The van der Waals surface area contributed by atoms with Crippen LogP contribution >= 0.6 is 11.6 Å². The van der Waals surface area contributed by atoms with E-state index in [0.29, 0.717) is 17.1 Å². The summed E-state index contributed by atoms with van der Waals surface area (Å²) in [5.41, 5.74) is 7.12. The van der Waals surface area contributed by atoms with Crippen LogP contribution in [-0.4, -0.2) is 57.3 Å². The number of fused-ring (bicyclic) bond motifs is 1. The van der Waals surface area contributed by atoms with Gasteiger partial charge in [-0.05, 0) is 68.0 Å². The van der Waals surface area contributed by atoms with Crippen LogP contribution in [0.4, 0.5) is 5.69 Å². The number of piperidine rings is 1. The van der Waals surface area contributed by atoms with Crippen LogP contribution in [0, 0.1) is 13.8 Å². The lowest BCUT2D eigenvalue weighted by Gasteiger charge is -2.49. The average molecular weight is 488 g/mol. The Hall–Kier alpha value is -2.48. The van der Waals surface area contributed by atoms with Crippen molar-refractivity contribution < 1.29 is 19.1 Å². The van der Waals surface area contributed by atoms with Gasteiger partial charge in [0.05, 0.1) is 19.2 Å². The predicted molar refractivity (Wildman–Crippen MR) is 134 cm³/mol. The Kier molecular flexibility index (Phi) is 7.86. The zero-order valence-electron chi connectivity index (χ0n) is 20.4. The molecule has 0 aromatic heterocycles. The summed E-state index contributed by atoms with van der Waals surface area (Å²) in [5, 5.41) is 0.639. The average Bonchev–Trinajstić information content (AvgIpc) is 2.85. The number of piperazine rings is 1. The molecule has 1 amide bonds. The number of hydroxylamine groups is 1. The number of amides is 1. The van der Waals surface area contributed by atoms with Gasteiger partial charge < -0.3 is 14.4 Å². The third-order valence-corrected chi connectivity index (χ3v) is 7.47. The normalized spacial score (nSPS) is 20.6. The van der Waals surface area contributed by atoms with Gasteiger partial charge in [-0.3, -0.25) is 14.5 Å². The molecule has 34 heavy (non-hydrogen) atoms. The van der Waals surface area contributed by atoms with Gasteiger partial charge in [-0.15, -0.1) is 0 Å². The third-order valence-electron chi connectivity index (χ3n) is 7.16. The highest BCUT2D eigenvalue weighted by Crippen LogP contribution is 2.40. The van der Waals surface area contributed by atoms with Gasteiger partial charge in [-0.1, -0.05) is 17.7 Å². The lowest BCUT2D eigenvalue weighted by Crippen LogP contribution is -2.56. The van der Waals surface area contributed by atoms with Crippen LogP contribution in [-0.2, 0) is 9.63 Å². The first-order valence-electron chi connectivity index (χ1n) is 11.8. The molecule has 0 unspecified atom stereocenters. The van der Waals surface area contributed by atoms with Crippen molar-refractivity contribution >= 4 is 23.2 Å². The van der Waals surface area contributed by atoms with E-state index in [2.05, 4.69) is 46.1 Å². The summed E-state index contributed by atoms with van der Waals surface area (Å²) < 4.78 is 11.2. The number of methoxy groups -OCH3 is 1. The Morgan fingerprint density at radius 3 is 2.68 bits per heavy atom. The summed E-state index contributed by atoms with van der Waals surface area (Å²) in [6.07, 6.45) is 3.56. The van der Waals surface area contributed by atoms with Crippen LogP contribution in [0.25, 0.3) is 0 Å². The number of nitrogens with one attached hydrogen (secondary N) is 1. The molecule has 4 rings (SSSR count). The standard InChI is InChI=1S/C26H34ClN3O4/c1-17-18(2)24(34-16-26(31)28-33-4)11-9-21(17)23-7-5-6-20-15-29(12-13-30(20)23)19-8-10-22(27)25(14-19)32-3/h8-11,14,20,23H,5-7,12-13,15-16H2,1-4H3,(H,28,31)/t20-,23+/m0/s1. The molecule has 0 bridgehead atoms. The molecular formula is C26H34ClN3O4. The monoisotopic (exact) mass is 487 g/mol. The molecule has 0 aliphatic carbocycles. The summed E-state index contributed by atoms with van der Waals surface area (Å²) in [6.45, 7) is 7.12. The van der Waals surface area contributed by atoms with Gasteiger partial charge in [0.1, 0.15) is 11.5 Å². The van der Waals surface area contributed by atoms with Gasteiger partial charge in [0, 0.05) is 43.5 Å². The number of carbonyl (C=O) groups is 1. The van der Waals surface area contributed by atoms with Crippen molar-refractivity contribution in [3.05, 3.63) is 52.0 Å². The van der Waals surface area contributed by atoms with E-state index in [0.717, 1.165) is 48.8 Å². The molecule has 2 fully saturated rings. The lowest BCUT2D eigenvalue weighted by atomic mass is 9.86. The summed E-state index contributed by atoms with van der Waals surface area (Å²) in [7, 11) is 3.06. The maximum atomic E-state index is 11.7. The number of halogens is 1. The first-order chi connectivity index (χ1) is 16.4. The van der Waals surface area contributed by atoms with Crippen LogP contribution in [0.3, 0.4) is 0 Å². The summed E-state index contributed by atoms with van der Waals surface area (Å²) in [6, 6.07) is 11.1. The van der Waals surface area contributed by atoms with Gasteiger partial charge in [-0.2, -0.15) is 0 Å². The number of anilines is 1. The maximum absolute atomic E-state index is 11.7. The first kappa shape index (κ1) is 24.6. The molecule has 184 valence electrons.